The number of anilines is 1. The zero-order valence-electron chi connectivity index (χ0n) is 13.2. The van der Waals surface area contributed by atoms with Crippen molar-refractivity contribution in [2.75, 3.05) is 31.6 Å². The molecule has 0 N–H and O–H groups in total. The SMILES string of the molecule is CCCN(C)C(=O)c1cc2c(s1)N(CC1CC1)CCCC2. The summed E-state index contributed by atoms with van der Waals surface area (Å²) in [4.78, 5) is 17.8. The fraction of sp³-hybridized carbons (Fsp3) is 0.706. The van der Waals surface area contributed by atoms with Gasteiger partial charge < -0.3 is 9.80 Å². The molecule has 2 heterocycles. The molecule has 1 aromatic heterocycles. The number of rotatable bonds is 5. The molecule has 2 aliphatic rings. The lowest BCUT2D eigenvalue weighted by atomic mass is 10.1. The summed E-state index contributed by atoms with van der Waals surface area (Å²) in [5, 5.41) is 1.38. The Kier molecular flexibility index (Phi) is 4.53. The Morgan fingerprint density at radius 2 is 2.24 bits per heavy atom. The molecule has 3 rings (SSSR count). The standard InChI is InChI=1S/C17H26N2OS/c1-3-9-18(2)16(20)15-11-14-6-4-5-10-19(17(14)21-15)12-13-7-8-13/h11,13H,3-10,12H2,1-2H3. The molecule has 0 atom stereocenters. The van der Waals surface area contributed by atoms with E-state index in [1.165, 1.54) is 49.3 Å². The predicted octanol–water partition coefficient (Wildman–Crippen LogP) is 3.78. The molecular weight excluding hydrogens is 280 g/mol. The lowest BCUT2D eigenvalue weighted by molar-refractivity contribution is 0.0800. The lowest BCUT2D eigenvalue weighted by Crippen LogP contribution is -2.27. The second-order valence-corrected chi connectivity index (χ2v) is 7.54. The van der Waals surface area contributed by atoms with E-state index in [9.17, 15) is 4.79 Å². The molecule has 0 saturated heterocycles. The average molecular weight is 306 g/mol. The molecule has 1 aliphatic heterocycles. The second kappa shape index (κ2) is 6.39. The largest absolute Gasteiger partial charge is 0.363 e. The van der Waals surface area contributed by atoms with Crippen molar-refractivity contribution < 1.29 is 4.79 Å². The van der Waals surface area contributed by atoms with Gasteiger partial charge >= 0.3 is 0 Å². The third kappa shape index (κ3) is 3.42. The summed E-state index contributed by atoms with van der Waals surface area (Å²) in [7, 11) is 1.92. The van der Waals surface area contributed by atoms with E-state index in [1.54, 1.807) is 11.3 Å². The van der Waals surface area contributed by atoms with E-state index in [-0.39, 0.29) is 5.91 Å². The van der Waals surface area contributed by atoms with E-state index in [0.717, 1.165) is 30.2 Å². The van der Waals surface area contributed by atoms with Gasteiger partial charge in [-0.2, -0.15) is 0 Å². The molecule has 3 nitrogen and oxygen atoms in total. The minimum Gasteiger partial charge on any atom is -0.363 e. The normalized spacial score (nSPS) is 18.3. The lowest BCUT2D eigenvalue weighted by Gasteiger charge is -2.22. The van der Waals surface area contributed by atoms with Crippen LogP contribution < -0.4 is 4.90 Å². The zero-order chi connectivity index (χ0) is 14.8. The van der Waals surface area contributed by atoms with Gasteiger partial charge in [0, 0.05) is 26.7 Å². The van der Waals surface area contributed by atoms with E-state index in [4.69, 9.17) is 0 Å². The molecule has 1 aliphatic carbocycles. The molecule has 0 spiro atoms. The van der Waals surface area contributed by atoms with Crippen LogP contribution in [0.1, 0.15) is 54.3 Å². The van der Waals surface area contributed by atoms with Gasteiger partial charge in [0.25, 0.3) is 5.91 Å². The van der Waals surface area contributed by atoms with Gasteiger partial charge in [0.15, 0.2) is 0 Å². The molecule has 4 heteroatoms. The maximum atomic E-state index is 12.5. The number of hydrogen-bond acceptors (Lipinski definition) is 3. The van der Waals surface area contributed by atoms with Gasteiger partial charge in [-0.3, -0.25) is 4.79 Å². The summed E-state index contributed by atoms with van der Waals surface area (Å²) in [5.74, 6) is 1.10. The maximum absolute atomic E-state index is 12.5. The summed E-state index contributed by atoms with van der Waals surface area (Å²) < 4.78 is 0. The summed E-state index contributed by atoms with van der Waals surface area (Å²) in [5.41, 5.74) is 1.41. The van der Waals surface area contributed by atoms with Crippen LogP contribution in [0, 0.1) is 5.92 Å². The van der Waals surface area contributed by atoms with Crippen LogP contribution in [0.15, 0.2) is 6.07 Å². The van der Waals surface area contributed by atoms with Crippen LogP contribution in [0.4, 0.5) is 5.00 Å². The van der Waals surface area contributed by atoms with Crippen molar-refractivity contribution in [1.82, 2.24) is 4.90 Å². The Labute approximate surface area is 131 Å². The number of nitrogens with zero attached hydrogens (tertiary/aromatic N) is 2. The van der Waals surface area contributed by atoms with Crippen molar-refractivity contribution in [3.63, 3.8) is 0 Å². The Morgan fingerprint density at radius 3 is 2.95 bits per heavy atom. The van der Waals surface area contributed by atoms with Crippen molar-refractivity contribution in [2.24, 2.45) is 5.92 Å². The molecule has 0 radical (unpaired) electrons. The number of fused-ring (bicyclic) bond motifs is 1. The summed E-state index contributed by atoms with van der Waals surface area (Å²) in [6.45, 7) is 5.33. The zero-order valence-corrected chi connectivity index (χ0v) is 14.0. The van der Waals surface area contributed by atoms with Crippen molar-refractivity contribution in [1.29, 1.82) is 0 Å². The molecule has 0 unspecified atom stereocenters. The summed E-state index contributed by atoms with van der Waals surface area (Å²) in [6, 6.07) is 2.17. The minimum atomic E-state index is 0.196. The number of carbonyl (C=O) groups is 1. The molecule has 1 fully saturated rings. The Hall–Kier alpha value is -1.03. The van der Waals surface area contributed by atoms with Gasteiger partial charge in [-0.05, 0) is 56.1 Å². The predicted molar refractivity (Wildman–Crippen MR) is 89.4 cm³/mol. The van der Waals surface area contributed by atoms with Crippen LogP contribution in [0.3, 0.4) is 0 Å². The third-order valence-electron chi connectivity index (χ3n) is 4.49. The average Bonchev–Trinajstić information content (AvgIpc) is 3.23. The second-order valence-electron chi connectivity index (χ2n) is 6.51. The first-order valence-corrected chi connectivity index (χ1v) is 9.13. The van der Waals surface area contributed by atoms with Gasteiger partial charge in [-0.25, -0.2) is 0 Å². The Balaban J connectivity index is 1.80. The highest BCUT2D eigenvalue weighted by atomic mass is 32.1. The van der Waals surface area contributed by atoms with Crippen LogP contribution in [-0.4, -0.2) is 37.5 Å². The van der Waals surface area contributed by atoms with Gasteiger partial charge in [-0.1, -0.05) is 6.92 Å². The molecule has 1 aromatic rings. The van der Waals surface area contributed by atoms with E-state index in [1.807, 2.05) is 11.9 Å². The van der Waals surface area contributed by atoms with E-state index < -0.39 is 0 Å². The highest BCUT2D eigenvalue weighted by Gasteiger charge is 2.28. The number of aryl methyl sites for hydroxylation is 1. The first-order chi connectivity index (χ1) is 10.2. The van der Waals surface area contributed by atoms with E-state index in [2.05, 4.69) is 17.9 Å². The molecule has 1 amide bonds. The first kappa shape index (κ1) is 14.9. The van der Waals surface area contributed by atoms with E-state index in [0.29, 0.717) is 0 Å². The first-order valence-electron chi connectivity index (χ1n) is 8.32. The van der Waals surface area contributed by atoms with Gasteiger partial charge in [0.1, 0.15) is 0 Å². The van der Waals surface area contributed by atoms with Crippen LogP contribution in [0.5, 0.6) is 0 Å². The smallest absolute Gasteiger partial charge is 0.263 e. The van der Waals surface area contributed by atoms with Crippen LogP contribution in [-0.2, 0) is 6.42 Å². The fourth-order valence-electron chi connectivity index (χ4n) is 3.10. The summed E-state index contributed by atoms with van der Waals surface area (Å²) >= 11 is 1.72. The van der Waals surface area contributed by atoms with Crippen molar-refractivity contribution in [3.8, 4) is 0 Å². The number of amides is 1. The molecule has 0 bridgehead atoms. The number of carbonyl (C=O) groups excluding carboxylic acids is 1. The third-order valence-corrected chi connectivity index (χ3v) is 5.72. The maximum Gasteiger partial charge on any atom is 0.263 e. The van der Waals surface area contributed by atoms with Gasteiger partial charge in [0.05, 0.1) is 9.88 Å². The highest BCUT2D eigenvalue weighted by Crippen LogP contribution is 2.39. The number of thiophene rings is 1. The van der Waals surface area contributed by atoms with Crippen LogP contribution >= 0.6 is 11.3 Å². The Bertz CT molecular complexity index is 507. The highest BCUT2D eigenvalue weighted by molar-refractivity contribution is 7.18. The molecule has 0 aromatic carbocycles. The molecule has 1 saturated carbocycles. The van der Waals surface area contributed by atoms with Crippen molar-refractivity contribution in [3.05, 3.63) is 16.5 Å². The Morgan fingerprint density at radius 1 is 1.43 bits per heavy atom. The van der Waals surface area contributed by atoms with Gasteiger partial charge in [0.2, 0.25) is 0 Å². The fourth-order valence-corrected chi connectivity index (χ4v) is 4.34. The minimum absolute atomic E-state index is 0.196. The van der Waals surface area contributed by atoms with Crippen molar-refractivity contribution >= 4 is 22.2 Å². The van der Waals surface area contributed by atoms with Crippen LogP contribution in [0.25, 0.3) is 0 Å². The van der Waals surface area contributed by atoms with Crippen molar-refractivity contribution in [2.45, 2.75) is 45.4 Å². The van der Waals surface area contributed by atoms with Crippen LogP contribution in [0.2, 0.25) is 0 Å². The molecular formula is C17H26N2OS. The quantitative estimate of drug-likeness (QED) is 0.826. The van der Waals surface area contributed by atoms with E-state index >= 15 is 0 Å². The number of hydrogen-bond donors (Lipinski definition) is 0. The summed E-state index contributed by atoms with van der Waals surface area (Å²) in [6.07, 6.45) is 7.47. The topological polar surface area (TPSA) is 23.6 Å². The molecule has 21 heavy (non-hydrogen) atoms. The molecule has 116 valence electrons. The monoisotopic (exact) mass is 306 g/mol. The van der Waals surface area contributed by atoms with Gasteiger partial charge in [-0.15, -0.1) is 11.3 Å².